The van der Waals surface area contributed by atoms with Crippen molar-refractivity contribution in [1.82, 2.24) is 4.90 Å². The zero-order chi connectivity index (χ0) is 26.2. The molecule has 0 atom stereocenters. The van der Waals surface area contributed by atoms with Crippen LogP contribution in [0.25, 0.3) is 11.1 Å². The predicted octanol–water partition coefficient (Wildman–Crippen LogP) is 6.51. The van der Waals surface area contributed by atoms with E-state index in [2.05, 4.69) is 19.1 Å². The minimum atomic E-state index is 0.0469. The van der Waals surface area contributed by atoms with Crippen LogP contribution < -0.4 is 18.9 Å². The molecule has 0 spiro atoms. The summed E-state index contributed by atoms with van der Waals surface area (Å²) in [7, 11) is 0. The van der Waals surface area contributed by atoms with Crippen molar-refractivity contribution >= 4 is 5.91 Å². The van der Waals surface area contributed by atoms with Crippen LogP contribution in [0.4, 0.5) is 0 Å². The van der Waals surface area contributed by atoms with E-state index in [1.807, 2.05) is 59.5 Å². The number of para-hydroxylation sites is 1. The summed E-state index contributed by atoms with van der Waals surface area (Å²) in [6.45, 7) is 4.79. The number of benzene rings is 3. The van der Waals surface area contributed by atoms with Gasteiger partial charge in [-0.15, -0.1) is 0 Å². The number of hydrogen-bond acceptors (Lipinski definition) is 5. The first-order chi connectivity index (χ1) is 18.7. The second kappa shape index (κ2) is 12.7. The first-order valence-corrected chi connectivity index (χ1v) is 13.8. The summed E-state index contributed by atoms with van der Waals surface area (Å²) in [6, 6.07) is 22.1. The molecule has 0 unspecified atom stereocenters. The summed E-state index contributed by atoms with van der Waals surface area (Å²) in [5, 5.41) is 0. The van der Waals surface area contributed by atoms with Crippen LogP contribution in [0.1, 0.15) is 44.6 Å². The van der Waals surface area contributed by atoms with Gasteiger partial charge in [0, 0.05) is 18.7 Å². The van der Waals surface area contributed by atoms with Crippen LogP contribution >= 0.6 is 0 Å². The molecule has 0 bridgehead atoms. The lowest BCUT2D eigenvalue weighted by Gasteiger charge is -2.32. The van der Waals surface area contributed by atoms with Gasteiger partial charge in [-0.3, -0.25) is 4.79 Å². The van der Waals surface area contributed by atoms with Gasteiger partial charge in [0.15, 0.2) is 18.1 Å². The largest absolute Gasteiger partial charge is 0.494 e. The van der Waals surface area contributed by atoms with Gasteiger partial charge in [-0.05, 0) is 79.5 Å². The van der Waals surface area contributed by atoms with Crippen molar-refractivity contribution in [2.24, 2.45) is 5.92 Å². The van der Waals surface area contributed by atoms with E-state index >= 15 is 0 Å². The zero-order valence-electron chi connectivity index (χ0n) is 22.2. The summed E-state index contributed by atoms with van der Waals surface area (Å²) in [5.41, 5.74) is 3.26. The third-order valence-electron chi connectivity index (χ3n) is 7.40. The van der Waals surface area contributed by atoms with Gasteiger partial charge in [0.2, 0.25) is 6.79 Å². The van der Waals surface area contributed by atoms with Crippen LogP contribution in [0, 0.1) is 5.92 Å². The molecule has 0 aromatic heterocycles. The lowest BCUT2D eigenvalue weighted by molar-refractivity contribution is -0.134. The Morgan fingerprint density at radius 3 is 2.66 bits per heavy atom. The summed E-state index contributed by atoms with van der Waals surface area (Å²) in [4.78, 5) is 14.9. The Kier molecular flexibility index (Phi) is 8.69. The van der Waals surface area contributed by atoms with Crippen molar-refractivity contribution in [1.29, 1.82) is 0 Å². The number of ether oxygens (including phenoxy) is 4. The van der Waals surface area contributed by atoms with Crippen LogP contribution in [0.5, 0.6) is 23.0 Å². The predicted molar refractivity (Wildman–Crippen MR) is 148 cm³/mol. The molecule has 0 N–H and O–H groups in total. The topological polar surface area (TPSA) is 57.2 Å². The Labute approximate surface area is 225 Å². The molecule has 2 aliphatic rings. The number of nitrogens with zero attached hydrogens (tertiary/aromatic N) is 1. The first-order valence-electron chi connectivity index (χ1n) is 13.8. The molecule has 0 aliphatic carbocycles. The summed E-state index contributed by atoms with van der Waals surface area (Å²) >= 11 is 0. The molecule has 2 aliphatic heterocycles. The number of rotatable bonds is 11. The quantitative estimate of drug-likeness (QED) is 0.273. The lowest BCUT2D eigenvalue weighted by atomic mass is 9.90. The van der Waals surface area contributed by atoms with E-state index in [0.717, 1.165) is 80.0 Å². The Morgan fingerprint density at radius 1 is 0.947 bits per heavy atom. The minimum absolute atomic E-state index is 0.0469. The molecular formula is C32H37NO5. The maximum atomic E-state index is 13.0. The van der Waals surface area contributed by atoms with Gasteiger partial charge in [0.1, 0.15) is 11.5 Å². The number of hydrogen-bond donors (Lipinski definition) is 0. The van der Waals surface area contributed by atoms with Crippen LogP contribution in [0.15, 0.2) is 66.7 Å². The highest BCUT2D eigenvalue weighted by molar-refractivity contribution is 5.78. The van der Waals surface area contributed by atoms with Gasteiger partial charge >= 0.3 is 0 Å². The van der Waals surface area contributed by atoms with E-state index in [-0.39, 0.29) is 12.5 Å². The van der Waals surface area contributed by atoms with Gasteiger partial charge in [-0.25, -0.2) is 0 Å². The number of fused-ring (bicyclic) bond motifs is 1. The van der Waals surface area contributed by atoms with Crippen molar-refractivity contribution in [3.63, 3.8) is 0 Å². The number of piperidine rings is 1. The zero-order valence-corrected chi connectivity index (χ0v) is 22.2. The molecule has 1 saturated heterocycles. The Balaban J connectivity index is 1.10. The molecule has 3 aromatic rings. The number of carbonyl (C=O) groups excluding carboxylic acids is 1. The maximum Gasteiger partial charge on any atom is 0.260 e. The second-order valence-corrected chi connectivity index (χ2v) is 10.1. The summed E-state index contributed by atoms with van der Waals surface area (Å²) in [6.07, 6.45) is 6.31. The monoisotopic (exact) mass is 515 g/mol. The van der Waals surface area contributed by atoms with E-state index in [4.69, 9.17) is 18.9 Å². The lowest BCUT2D eigenvalue weighted by Crippen LogP contribution is -2.41. The highest BCUT2D eigenvalue weighted by atomic mass is 16.7. The number of aryl methyl sites for hydroxylation is 1. The van der Waals surface area contributed by atoms with E-state index in [1.165, 1.54) is 5.56 Å². The van der Waals surface area contributed by atoms with Crippen molar-refractivity contribution in [2.45, 2.75) is 45.4 Å². The molecule has 5 rings (SSSR count). The Bertz CT molecular complexity index is 1220. The second-order valence-electron chi connectivity index (χ2n) is 10.1. The standard InChI is InChI=1S/C32H37NO5/c1-2-3-19-35-27-8-6-7-26(21-27)28-9-4-5-10-29(28)36-22-32(34)33-17-15-24(16-18-33)11-12-25-13-14-30-31(20-25)38-23-37-30/h4-10,13-14,20-21,24H,2-3,11-12,15-19,22-23H2,1H3. The minimum Gasteiger partial charge on any atom is -0.494 e. The van der Waals surface area contributed by atoms with Crippen molar-refractivity contribution < 1.29 is 23.7 Å². The Morgan fingerprint density at radius 2 is 1.79 bits per heavy atom. The number of amides is 1. The molecule has 6 nitrogen and oxygen atoms in total. The third kappa shape index (κ3) is 6.60. The summed E-state index contributed by atoms with van der Waals surface area (Å²) in [5.74, 6) is 3.91. The molecule has 1 fully saturated rings. The molecule has 3 aromatic carbocycles. The number of unbranched alkanes of at least 4 members (excludes halogenated alkanes) is 1. The highest BCUT2D eigenvalue weighted by Gasteiger charge is 2.23. The van der Waals surface area contributed by atoms with E-state index in [1.54, 1.807) is 0 Å². The van der Waals surface area contributed by atoms with Gasteiger partial charge in [0.05, 0.1) is 6.61 Å². The third-order valence-corrected chi connectivity index (χ3v) is 7.40. The van der Waals surface area contributed by atoms with Crippen LogP contribution in [0.2, 0.25) is 0 Å². The van der Waals surface area contributed by atoms with Crippen molar-refractivity contribution in [3.05, 3.63) is 72.3 Å². The van der Waals surface area contributed by atoms with Crippen molar-refractivity contribution in [2.75, 3.05) is 33.1 Å². The number of likely N-dealkylation sites (tertiary alicyclic amines) is 1. The van der Waals surface area contributed by atoms with Crippen LogP contribution in [-0.4, -0.2) is 43.9 Å². The fourth-order valence-corrected chi connectivity index (χ4v) is 5.09. The van der Waals surface area contributed by atoms with E-state index < -0.39 is 0 Å². The van der Waals surface area contributed by atoms with Gasteiger partial charge in [-0.2, -0.15) is 0 Å². The van der Waals surface area contributed by atoms with Crippen LogP contribution in [0.3, 0.4) is 0 Å². The molecule has 6 heteroatoms. The average Bonchev–Trinajstić information content (AvgIpc) is 3.44. The molecule has 2 heterocycles. The normalized spacial score (nSPS) is 14.9. The molecule has 0 saturated carbocycles. The highest BCUT2D eigenvalue weighted by Crippen LogP contribution is 2.34. The molecular weight excluding hydrogens is 478 g/mol. The van der Waals surface area contributed by atoms with Crippen molar-refractivity contribution in [3.8, 4) is 34.1 Å². The van der Waals surface area contributed by atoms with Gasteiger partial charge in [-0.1, -0.05) is 49.7 Å². The SMILES string of the molecule is CCCCOc1cccc(-c2ccccc2OCC(=O)N2CCC(CCc3ccc4c(c3)OCO4)CC2)c1. The molecule has 1 amide bonds. The molecule has 0 radical (unpaired) electrons. The molecule has 200 valence electrons. The fraction of sp³-hybridized carbons (Fsp3) is 0.406. The van der Waals surface area contributed by atoms with Gasteiger partial charge in [0.25, 0.3) is 5.91 Å². The van der Waals surface area contributed by atoms with E-state index in [9.17, 15) is 4.79 Å². The summed E-state index contributed by atoms with van der Waals surface area (Å²) < 4.78 is 22.8. The fourth-order valence-electron chi connectivity index (χ4n) is 5.09. The smallest absolute Gasteiger partial charge is 0.260 e. The van der Waals surface area contributed by atoms with Gasteiger partial charge < -0.3 is 23.8 Å². The average molecular weight is 516 g/mol. The number of carbonyl (C=O) groups is 1. The maximum absolute atomic E-state index is 13.0. The first kappa shape index (κ1) is 26.0. The Hall–Kier alpha value is -3.67. The van der Waals surface area contributed by atoms with E-state index in [0.29, 0.717) is 25.1 Å². The van der Waals surface area contributed by atoms with Crippen LogP contribution in [-0.2, 0) is 11.2 Å². The molecule has 38 heavy (non-hydrogen) atoms.